The lowest BCUT2D eigenvalue weighted by atomic mass is 10.3. The first-order valence-corrected chi connectivity index (χ1v) is 4.74. The number of hydrogen-bond donors (Lipinski definition) is 1. The fourth-order valence-corrected chi connectivity index (χ4v) is 0.985. The van der Waals surface area contributed by atoms with Crippen LogP contribution in [0.15, 0.2) is 12.7 Å². The highest BCUT2D eigenvalue weighted by molar-refractivity contribution is 7.90. The second kappa shape index (κ2) is 4.80. The molecule has 0 aliphatic heterocycles. The maximum atomic E-state index is 11.3. The van der Waals surface area contributed by atoms with Crippen molar-refractivity contribution in [2.75, 3.05) is 0 Å². The van der Waals surface area contributed by atoms with E-state index in [1.807, 2.05) is 20.8 Å². The highest BCUT2D eigenvalue weighted by Crippen LogP contribution is 2.13. The lowest BCUT2D eigenvalue weighted by molar-refractivity contribution is 0.550. The van der Waals surface area contributed by atoms with E-state index < -0.39 is 11.4 Å². The molecule has 0 saturated carbocycles. The third kappa shape index (κ3) is 5.30. The molecule has 0 aromatic carbocycles. The Kier molecular flexibility index (Phi) is 4.81. The molecule has 0 rings (SSSR count). The molecule has 0 amide bonds. The predicted molar refractivity (Wildman–Crippen MR) is 50.1 cm³/mol. The van der Waals surface area contributed by atoms with Gasteiger partial charge < -0.3 is 4.55 Å². The van der Waals surface area contributed by atoms with Gasteiger partial charge in [0, 0.05) is 11.4 Å². The third-order valence-corrected chi connectivity index (χ3v) is 2.52. The minimum atomic E-state index is -0.992. The number of rotatable bonds is 4. The van der Waals surface area contributed by atoms with E-state index in [1.54, 1.807) is 12.6 Å². The molecule has 65 valence electrons. The molecule has 0 heterocycles. The van der Waals surface area contributed by atoms with Gasteiger partial charge in [-0.15, -0.1) is 11.3 Å². The Morgan fingerprint density at radius 2 is 2.09 bits per heavy atom. The van der Waals surface area contributed by atoms with Gasteiger partial charge in [0.15, 0.2) is 0 Å². The summed E-state index contributed by atoms with van der Waals surface area (Å²) in [6.45, 7) is 11.1. The highest BCUT2D eigenvalue weighted by atomic mass is 32.2. The summed E-state index contributed by atoms with van der Waals surface area (Å²) in [6.07, 6.45) is 2.49. The molecule has 3 heteroatoms. The molecule has 1 atom stereocenters. The van der Waals surface area contributed by atoms with Crippen LogP contribution in [0, 0.1) is 6.54 Å². The van der Waals surface area contributed by atoms with Crippen molar-refractivity contribution in [2.24, 2.45) is 0 Å². The average Bonchev–Trinajstić information content (AvgIpc) is 1.86. The van der Waals surface area contributed by atoms with Crippen LogP contribution in [0.4, 0.5) is 0 Å². The summed E-state index contributed by atoms with van der Waals surface area (Å²) in [5.41, 5.74) is 0. The van der Waals surface area contributed by atoms with E-state index in [-0.39, 0.29) is 4.75 Å². The molecule has 2 nitrogen and oxygen atoms in total. The Morgan fingerprint density at radius 1 is 1.55 bits per heavy atom. The van der Waals surface area contributed by atoms with Crippen molar-refractivity contribution in [3.8, 4) is 0 Å². The maximum Gasteiger partial charge on any atom is 0.136 e. The molecule has 1 radical (unpaired) electrons. The largest absolute Gasteiger partial charge is 0.598 e. The standard InChI is InChI=1S/C8H16NOS/c1-5-6-7-9-11(10)8(2,3)4/h5,7,9H,1,6H2,2-4H3/t11-/m0/s1. The number of nitrogens with one attached hydrogen (secondary N) is 1. The van der Waals surface area contributed by atoms with Crippen molar-refractivity contribution in [3.05, 3.63) is 19.2 Å². The van der Waals surface area contributed by atoms with Gasteiger partial charge in [-0.2, -0.15) is 0 Å². The van der Waals surface area contributed by atoms with Gasteiger partial charge in [0.25, 0.3) is 0 Å². The monoisotopic (exact) mass is 174 g/mol. The lowest BCUT2D eigenvalue weighted by Gasteiger charge is -2.23. The van der Waals surface area contributed by atoms with Crippen molar-refractivity contribution < 1.29 is 4.55 Å². The summed E-state index contributed by atoms with van der Waals surface area (Å²) in [7, 11) is 0. The Bertz CT molecular complexity index is 120. The molecule has 0 aromatic heterocycles. The highest BCUT2D eigenvalue weighted by Gasteiger charge is 2.25. The van der Waals surface area contributed by atoms with Crippen LogP contribution in [0.2, 0.25) is 0 Å². The van der Waals surface area contributed by atoms with Crippen LogP contribution in [0.25, 0.3) is 0 Å². The van der Waals surface area contributed by atoms with E-state index >= 15 is 0 Å². The minimum Gasteiger partial charge on any atom is -0.598 e. The van der Waals surface area contributed by atoms with Crippen LogP contribution < -0.4 is 4.72 Å². The molecule has 11 heavy (non-hydrogen) atoms. The summed E-state index contributed by atoms with van der Waals surface area (Å²) in [4.78, 5) is 0. The third-order valence-electron chi connectivity index (χ3n) is 1.03. The van der Waals surface area contributed by atoms with Gasteiger partial charge in [-0.1, -0.05) is 6.08 Å². The summed E-state index contributed by atoms with van der Waals surface area (Å²) in [6, 6.07) is 0. The fraction of sp³-hybridized carbons (Fsp3) is 0.625. The van der Waals surface area contributed by atoms with Gasteiger partial charge in [0.1, 0.15) is 4.75 Å². The molecule has 1 N–H and O–H groups in total. The Morgan fingerprint density at radius 3 is 2.45 bits per heavy atom. The van der Waals surface area contributed by atoms with E-state index in [2.05, 4.69) is 11.3 Å². The predicted octanol–water partition coefficient (Wildman–Crippen LogP) is 1.78. The molecule has 0 saturated heterocycles. The van der Waals surface area contributed by atoms with Gasteiger partial charge in [0.05, 0.1) is 6.54 Å². The molecule has 0 aliphatic carbocycles. The topological polar surface area (TPSA) is 35.1 Å². The first-order chi connectivity index (χ1) is 4.98. The van der Waals surface area contributed by atoms with Crippen molar-refractivity contribution in [2.45, 2.75) is 31.9 Å². The first-order valence-electron chi connectivity index (χ1n) is 3.59. The Balaban J connectivity index is 3.52. The van der Waals surface area contributed by atoms with Gasteiger partial charge in [0.2, 0.25) is 0 Å². The van der Waals surface area contributed by atoms with Crippen LogP contribution >= 0.6 is 0 Å². The van der Waals surface area contributed by atoms with E-state index in [0.717, 1.165) is 6.42 Å². The summed E-state index contributed by atoms with van der Waals surface area (Å²) >= 11 is -0.992. The second-order valence-electron chi connectivity index (χ2n) is 3.23. The zero-order valence-electron chi connectivity index (χ0n) is 7.39. The van der Waals surface area contributed by atoms with E-state index in [9.17, 15) is 4.55 Å². The first kappa shape index (κ1) is 11.0. The van der Waals surface area contributed by atoms with Gasteiger partial charge in [-0.25, -0.2) is 0 Å². The van der Waals surface area contributed by atoms with Crippen LogP contribution in [-0.2, 0) is 11.4 Å². The summed E-state index contributed by atoms with van der Waals surface area (Å²) in [5, 5.41) is 0. The SMILES string of the molecule is C=CC[CH]N[S@@+]([O-])C(C)(C)C. The van der Waals surface area contributed by atoms with E-state index in [0.29, 0.717) is 0 Å². The zero-order valence-corrected chi connectivity index (χ0v) is 8.20. The smallest absolute Gasteiger partial charge is 0.136 e. The fourth-order valence-electron chi connectivity index (χ4n) is 0.384. The Hall–Kier alpha value is 0.01000. The van der Waals surface area contributed by atoms with Crippen molar-refractivity contribution in [3.63, 3.8) is 0 Å². The summed E-state index contributed by atoms with van der Waals surface area (Å²) < 4.78 is 13.9. The van der Waals surface area contributed by atoms with Crippen LogP contribution in [-0.4, -0.2) is 9.30 Å². The molecule has 0 spiro atoms. The maximum absolute atomic E-state index is 11.3. The van der Waals surface area contributed by atoms with E-state index in [1.165, 1.54) is 0 Å². The minimum absolute atomic E-state index is 0.197. The van der Waals surface area contributed by atoms with Crippen LogP contribution in [0.5, 0.6) is 0 Å². The van der Waals surface area contributed by atoms with Crippen molar-refractivity contribution >= 4 is 11.4 Å². The quantitative estimate of drug-likeness (QED) is 0.400. The lowest BCUT2D eigenvalue weighted by Crippen LogP contribution is -2.37. The van der Waals surface area contributed by atoms with Gasteiger partial charge in [-0.3, -0.25) is 0 Å². The average molecular weight is 174 g/mol. The van der Waals surface area contributed by atoms with Crippen molar-refractivity contribution in [1.29, 1.82) is 0 Å². The zero-order chi connectivity index (χ0) is 8.91. The normalized spacial score (nSPS) is 14.5. The van der Waals surface area contributed by atoms with Crippen molar-refractivity contribution in [1.82, 2.24) is 4.72 Å². The van der Waals surface area contributed by atoms with E-state index in [4.69, 9.17) is 0 Å². The van der Waals surface area contributed by atoms with Crippen LogP contribution in [0.1, 0.15) is 27.2 Å². The molecule has 0 bridgehead atoms. The second-order valence-corrected chi connectivity index (χ2v) is 5.23. The molecular weight excluding hydrogens is 158 g/mol. The molecule has 0 aromatic rings. The molecule has 0 aliphatic rings. The molecule has 0 fully saturated rings. The van der Waals surface area contributed by atoms with Gasteiger partial charge >= 0.3 is 0 Å². The Labute approximate surface area is 72.4 Å². The molecular formula is C8H16NOS. The van der Waals surface area contributed by atoms with Gasteiger partial charge in [-0.05, 0) is 27.2 Å². The molecule has 0 unspecified atom stereocenters. The van der Waals surface area contributed by atoms with Crippen LogP contribution in [0.3, 0.4) is 0 Å². The number of hydrogen-bond acceptors (Lipinski definition) is 2. The summed E-state index contributed by atoms with van der Waals surface area (Å²) in [5.74, 6) is 0.